The highest BCUT2D eigenvalue weighted by molar-refractivity contribution is 7.18. The Morgan fingerprint density at radius 3 is 2.63 bits per heavy atom. The number of anilines is 1. The molecule has 1 aliphatic carbocycles. The zero-order valence-electron chi connectivity index (χ0n) is 16.7. The Morgan fingerprint density at radius 1 is 1.10 bits per heavy atom. The third-order valence-corrected chi connectivity index (χ3v) is 7.89. The third-order valence-electron chi connectivity index (χ3n) is 6.85. The maximum atomic E-state index is 12.8. The second-order valence-electron chi connectivity index (χ2n) is 8.90. The Hall–Kier alpha value is -1.90. The molecule has 30 heavy (non-hydrogen) atoms. The minimum absolute atomic E-state index is 0.207. The van der Waals surface area contributed by atoms with E-state index in [1.54, 1.807) is 6.07 Å². The average molecular weight is 439 g/mol. The van der Waals surface area contributed by atoms with Gasteiger partial charge in [-0.05, 0) is 37.2 Å². The van der Waals surface area contributed by atoms with Crippen LogP contribution in [0, 0.1) is 17.8 Å². The van der Waals surface area contributed by atoms with Crippen LogP contribution in [0.5, 0.6) is 0 Å². The highest BCUT2D eigenvalue weighted by Crippen LogP contribution is 2.39. The van der Waals surface area contributed by atoms with Gasteiger partial charge in [-0.1, -0.05) is 12.8 Å². The molecule has 2 atom stereocenters. The number of halogens is 3. The Bertz CT molecular complexity index is 940. The van der Waals surface area contributed by atoms with Gasteiger partial charge in [0, 0.05) is 37.0 Å². The molecule has 3 fully saturated rings. The maximum absolute atomic E-state index is 12.8. The summed E-state index contributed by atoms with van der Waals surface area (Å²) in [6.07, 6.45) is 1.62. The molecule has 0 spiro atoms. The van der Waals surface area contributed by atoms with Crippen molar-refractivity contribution in [3.8, 4) is 0 Å². The molecule has 3 aliphatic rings. The van der Waals surface area contributed by atoms with Crippen LogP contribution in [0.4, 0.5) is 19.0 Å². The SMILES string of the molecule is O=C(C1CCCC1)N1CC[C@H]2CN(c3ncnc4sc(CC(F)(F)F)cc34)C[C@H]2C1. The summed E-state index contributed by atoms with van der Waals surface area (Å²) in [4.78, 5) is 26.6. The van der Waals surface area contributed by atoms with Gasteiger partial charge in [0.15, 0.2) is 0 Å². The number of alkyl halides is 3. The van der Waals surface area contributed by atoms with Crippen LogP contribution in [0.1, 0.15) is 37.0 Å². The number of carbonyl (C=O) groups is 1. The molecule has 162 valence electrons. The van der Waals surface area contributed by atoms with Crippen LogP contribution in [0.3, 0.4) is 0 Å². The lowest BCUT2D eigenvalue weighted by Crippen LogP contribution is -2.45. The Morgan fingerprint density at radius 2 is 1.87 bits per heavy atom. The first-order valence-electron chi connectivity index (χ1n) is 10.7. The van der Waals surface area contributed by atoms with Gasteiger partial charge in [0.25, 0.3) is 0 Å². The van der Waals surface area contributed by atoms with Gasteiger partial charge in [-0.3, -0.25) is 4.79 Å². The molecule has 0 bridgehead atoms. The second-order valence-corrected chi connectivity index (χ2v) is 10.0. The highest BCUT2D eigenvalue weighted by Gasteiger charge is 2.40. The lowest BCUT2D eigenvalue weighted by Gasteiger charge is -2.35. The molecule has 5 nitrogen and oxygen atoms in total. The van der Waals surface area contributed by atoms with E-state index in [0.717, 1.165) is 75.4 Å². The predicted octanol–water partition coefficient (Wildman–Crippen LogP) is 4.27. The molecule has 4 heterocycles. The van der Waals surface area contributed by atoms with Crippen molar-refractivity contribution in [3.63, 3.8) is 0 Å². The molecule has 1 amide bonds. The predicted molar refractivity (Wildman–Crippen MR) is 110 cm³/mol. The van der Waals surface area contributed by atoms with Gasteiger partial charge >= 0.3 is 6.18 Å². The van der Waals surface area contributed by atoms with E-state index in [0.29, 0.717) is 28.0 Å². The van der Waals surface area contributed by atoms with Crippen LogP contribution in [0.25, 0.3) is 10.2 Å². The lowest BCUT2D eigenvalue weighted by molar-refractivity contribution is -0.137. The van der Waals surface area contributed by atoms with Gasteiger partial charge in [-0.25, -0.2) is 9.97 Å². The minimum atomic E-state index is -4.23. The number of likely N-dealkylation sites (tertiary alicyclic amines) is 1. The van der Waals surface area contributed by atoms with Crippen molar-refractivity contribution < 1.29 is 18.0 Å². The van der Waals surface area contributed by atoms with Crippen molar-refractivity contribution in [2.75, 3.05) is 31.1 Å². The Balaban J connectivity index is 1.32. The summed E-state index contributed by atoms with van der Waals surface area (Å²) in [6.45, 7) is 3.23. The first kappa shape index (κ1) is 20.0. The molecule has 2 saturated heterocycles. The molecule has 0 N–H and O–H groups in total. The highest BCUT2D eigenvalue weighted by atomic mass is 32.1. The molecule has 9 heteroatoms. The molecular formula is C21H25F3N4OS. The first-order valence-corrected chi connectivity index (χ1v) is 11.5. The van der Waals surface area contributed by atoms with E-state index >= 15 is 0 Å². The van der Waals surface area contributed by atoms with Gasteiger partial charge in [-0.15, -0.1) is 11.3 Å². The number of carbonyl (C=O) groups excluding carboxylic acids is 1. The van der Waals surface area contributed by atoms with Gasteiger partial charge in [0.2, 0.25) is 5.91 Å². The van der Waals surface area contributed by atoms with Gasteiger partial charge < -0.3 is 9.80 Å². The van der Waals surface area contributed by atoms with E-state index in [1.165, 1.54) is 6.33 Å². The molecule has 0 unspecified atom stereocenters. The molecule has 2 aromatic heterocycles. The standard InChI is InChI=1S/C21H25F3N4OS/c22-21(23,24)8-16-7-17-18(25-12-26-19(17)30-16)28-9-14-5-6-27(10-15(14)11-28)20(29)13-3-1-2-4-13/h7,12-15H,1-6,8-11H2/t14-,15+/m0/s1. The fraction of sp³-hybridized carbons (Fsp3) is 0.667. The van der Waals surface area contributed by atoms with Crippen LogP contribution in [0.2, 0.25) is 0 Å². The summed E-state index contributed by atoms with van der Waals surface area (Å²) in [7, 11) is 0. The zero-order chi connectivity index (χ0) is 20.9. The number of rotatable bonds is 3. The lowest BCUT2D eigenvalue weighted by atomic mass is 9.88. The van der Waals surface area contributed by atoms with E-state index in [9.17, 15) is 18.0 Å². The van der Waals surface area contributed by atoms with Crippen molar-refractivity contribution in [1.82, 2.24) is 14.9 Å². The van der Waals surface area contributed by atoms with Crippen molar-refractivity contribution in [2.45, 2.75) is 44.7 Å². The van der Waals surface area contributed by atoms with Crippen molar-refractivity contribution in [2.24, 2.45) is 17.8 Å². The summed E-state index contributed by atoms with van der Waals surface area (Å²) >= 11 is 1.09. The number of hydrogen-bond acceptors (Lipinski definition) is 5. The van der Waals surface area contributed by atoms with Crippen LogP contribution in [-0.4, -0.2) is 53.1 Å². The number of hydrogen-bond donors (Lipinski definition) is 0. The van der Waals surface area contributed by atoms with Crippen LogP contribution >= 0.6 is 11.3 Å². The van der Waals surface area contributed by atoms with Crippen LogP contribution in [-0.2, 0) is 11.2 Å². The summed E-state index contributed by atoms with van der Waals surface area (Å²) in [5.41, 5.74) is 0. The van der Waals surface area contributed by atoms with E-state index in [1.807, 2.05) is 0 Å². The van der Waals surface area contributed by atoms with Gasteiger partial charge in [0.05, 0.1) is 11.8 Å². The average Bonchev–Trinajstić information content (AvgIpc) is 3.43. The number of aromatic nitrogens is 2. The topological polar surface area (TPSA) is 49.3 Å². The Labute approximate surface area is 177 Å². The summed E-state index contributed by atoms with van der Waals surface area (Å²) in [5.74, 6) is 2.15. The molecule has 0 aromatic carbocycles. The van der Waals surface area contributed by atoms with Crippen LogP contribution in [0.15, 0.2) is 12.4 Å². The smallest absolute Gasteiger partial charge is 0.355 e. The summed E-state index contributed by atoms with van der Waals surface area (Å²) in [5, 5.41) is 0.708. The largest absolute Gasteiger partial charge is 0.393 e. The number of thiophene rings is 1. The molecule has 2 aromatic rings. The first-order chi connectivity index (χ1) is 14.4. The van der Waals surface area contributed by atoms with E-state index in [-0.39, 0.29) is 10.8 Å². The van der Waals surface area contributed by atoms with E-state index < -0.39 is 12.6 Å². The fourth-order valence-corrected chi connectivity index (χ4v) is 6.42. The molecule has 2 aliphatic heterocycles. The second kappa shape index (κ2) is 7.66. The zero-order valence-corrected chi connectivity index (χ0v) is 17.5. The molecule has 5 rings (SSSR count). The van der Waals surface area contributed by atoms with Crippen molar-refractivity contribution >= 4 is 33.3 Å². The van der Waals surface area contributed by atoms with Crippen molar-refractivity contribution in [3.05, 3.63) is 17.3 Å². The summed E-state index contributed by atoms with van der Waals surface area (Å²) < 4.78 is 38.4. The van der Waals surface area contributed by atoms with E-state index in [2.05, 4.69) is 19.8 Å². The number of amides is 1. The molecule has 1 saturated carbocycles. The number of nitrogens with zero attached hydrogens (tertiary/aromatic N) is 4. The fourth-order valence-electron chi connectivity index (χ4n) is 5.40. The van der Waals surface area contributed by atoms with Crippen molar-refractivity contribution in [1.29, 1.82) is 0 Å². The van der Waals surface area contributed by atoms with Gasteiger partial charge in [0.1, 0.15) is 17.0 Å². The number of piperidine rings is 1. The van der Waals surface area contributed by atoms with Gasteiger partial charge in [-0.2, -0.15) is 13.2 Å². The minimum Gasteiger partial charge on any atom is -0.355 e. The monoisotopic (exact) mass is 438 g/mol. The molecular weight excluding hydrogens is 413 g/mol. The third kappa shape index (κ3) is 3.88. The summed E-state index contributed by atoms with van der Waals surface area (Å²) in [6, 6.07) is 1.60. The van der Waals surface area contributed by atoms with Crippen LogP contribution < -0.4 is 4.90 Å². The maximum Gasteiger partial charge on any atom is 0.393 e. The molecule has 0 radical (unpaired) electrons. The normalized spacial score (nSPS) is 25.3. The quantitative estimate of drug-likeness (QED) is 0.718. The van der Waals surface area contributed by atoms with E-state index in [4.69, 9.17) is 0 Å². The Kier molecular flexibility index (Phi) is 5.11. The number of fused-ring (bicyclic) bond motifs is 2.